The molecule has 13 heteroatoms. The van der Waals surface area contributed by atoms with Crippen molar-refractivity contribution in [3.05, 3.63) is 83.9 Å². The summed E-state index contributed by atoms with van der Waals surface area (Å²) in [4.78, 5) is 56.6. The fourth-order valence-electron chi connectivity index (χ4n) is 5.84. The minimum Gasteiger partial charge on any atom is -0.481 e. The SMILES string of the molecule is COC(=O)N[C@H](C(=O)N[C@@H](Cc1ccccc1)C[C@H](O)[C@H](Cc1ccc(-c2cccc(OC)n2)cc1)NC(=O)[C@@H](NC(=O)OC)C(C)(C)C)C(C)(C)C. The normalized spacial score (nSPS) is 14.4. The summed E-state index contributed by atoms with van der Waals surface area (Å²) in [5, 5.41) is 23.3. The number of methoxy groups -OCH3 is 3. The number of alkyl carbamates (subject to hydrolysis) is 2. The molecule has 3 aromatic rings. The van der Waals surface area contributed by atoms with Crippen LogP contribution in [-0.2, 0) is 31.9 Å². The molecule has 13 nitrogen and oxygen atoms in total. The van der Waals surface area contributed by atoms with Crippen LogP contribution in [0.2, 0.25) is 0 Å². The highest BCUT2D eigenvalue weighted by Gasteiger charge is 2.37. The molecule has 4 amide bonds. The molecule has 1 aromatic heterocycles. The number of hydrogen-bond donors (Lipinski definition) is 5. The Kier molecular flexibility index (Phi) is 15.2. The van der Waals surface area contributed by atoms with Crippen LogP contribution in [-0.4, -0.2) is 85.7 Å². The lowest BCUT2D eigenvalue weighted by atomic mass is 9.85. The number of benzene rings is 2. The van der Waals surface area contributed by atoms with Gasteiger partial charge in [-0.1, -0.05) is 102 Å². The highest BCUT2D eigenvalue weighted by atomic mass is 16.5. The molecule has 0 unspecified atom stereocenters. The van der Waals surface area contributed by atoms with Crippen molar-refractivity contribution in [1.29, 1.82) is 0 Å². The van der Waals surface area contributed by atoms with Gasteiger partial charge in [-0.3, -0.25) is 9.59 Å². The Morgan fingerprint density at radius 2 is 1.19 bits per heavy atom. The van der Waals surface area contributed by atoms with Crippen LogP contribution in [0, 0.1) is 10.8 Å². The number of aromatic nitrogens is 1. The minimum absolute atomic E-state index is 0.0388. The summed E-state index contributed by atoms with van der Waals surface area (Å²) in [5.41, 5.74) is 1.91. The number of amides is 4. The lowest BCUT2D eigenvalue weighted by Gasteiger charge is -2.34. The molecular weight excluding hydrogens is 678 g/mol. The summed E-state index contributed by atoms with van der Waals surface area (Å²) in [6.45, 7) is 10.9. The summed E-state index contributed by atoms with van der Waals surface area (Å²) in [7, 11) is 4.00. The molecule has 5 N–H and O–H groups in total. The molecule has 3 rings (SSSR count). The van der Waals surface area contributed by atoms with E-state index in [4.69, 9.17) is 14.2 Å². The van der Waals surface area contributed by atoms with Gasteiger partial charge in [-0.05, 0) is 47.3 Å². The lowest BCUT2D eigenvalue weighted by Crippen LogP contribution is -2.59. The lowest BCUT2D eigenvalue weighted by molar-refractivity contribution is -0.128. The molecule has 0 aliphatic rings. The number of aliphatic hydroxyl groups excluding tert-OH is 1. The third-order valence-corrected chi connectivity index (χ3v) is 8.78. The van der Waals surface area contributed by atoms with E-state index in [1.54, 1.807) is 13.2 Å². The summed E-state index contributed by atoms with van der Waals surface area (Å²) in [5.74, 6) is -0.477. The number of hydrogen-bond acceptors (Lipinski definition) is 9. The summed E-state index contributed by atoms with van der Waals surface area (Å²) >= 11 is 0. The topological polar surface area (TPSA) is 177 Å². The van der Waals surface area contributed by atoms with Crippen molar-refractivity contribution in [1.82, 2.24) is 26.3 Å². The number of pyridine rings is 1. The third kappa shape index (κ3) is 13.1. The van der Waals surface area contributed by atoms with Gasteiger partial charge in [0.15, 0.2) is 0 Å². The number of nitrogens with zero attached hydrogens (tertiary/aromatic N) is 1. The maximum absolute atomic E-state index is 13.9. The van der Waals surface area contributed by atoms with Gasteiger partial charge in [-0.25, -0.2) is 14.6 Å². The summed E-state index contributed by atoms with van der Waals surface area (Å²) < 4.78 is 14.8. The van der Waals surface area contributed by atoms with E-state index < -0.39 is 65.1 Å². The monoisotopic (exact) mass is 733 g/mol. The summed E-state index contributed by atoms with van der Waals surface area (Å²) in [6.07, 6.45) is -2.07. The van der Waals surface area contributed by atoms with Crippen LogP contribution >= 0.6 is 0 Å². The molecule has 0 bridgehead atoms. The van der Waals surface area contributed by atoms with Gasteiger partial charge in [-0.2, -0.15) is 0 Å². The minimum atomic E-state index is -1.17. The van der Waals surface area contributed by atoms with Crippen molar-refractivity contribution >= 4 is 24.0 Å². The summed E-state index contributed by atoms with van der Waals surface area (Å²) in [6, 6.07) is 19.2. The predicted octanol–water partition coefficient (Wildman–Crippen LogP) is 4.80. The van der Waals surface area contributed by atoms with Crippen LogP contribution in [0.3, 0.4) is 0 Å². The van der Waals surface area contributed by atoms with Crippen molar-refractivity contribution in [2.24, 2.45) is 10.8 Å². The highest BCUT2D eigenvalue weighted by Crippen LogP contribution is 2.24. The van der Waals surface area contributed by atoms with E-state index in [2.05, 4.69) is 26.3 Å². The first-order valence-electron chi connectivity index (χ1n) is 17.6. The Labute approximate surface area is 312 Å². The molecular formula is C40H55N5O8. The second kappa shape index (κ2) is 19.1. The zero-order valence-electron chi connectivity index (χ0n) is 32.2. The predicted molar refractivity (Wildman–Crippen MR) is 202 cm³/mol. The Morgan fingerprint density at radius 3 is 1.70 bits per heavy atom. The van der Waals surface area contributed by atoms with Crippen molar-refractivity contribution in [3.8, 4) is 17.1 Å². The second-order valence-electron chi connectivity index (χ2n) is 15.1. The van der Waals surface area contributed by atoms with Crippen molar-refractivity contribution in [2.45, 2.75) is 91.1 Å². The number of carbonyl (C=O) groups is 4. The van der Waals surface area contributed by atoms with E-state index in [1.165, 1.54) is 14.2 Å². The van der Waals surface area contributed by atoms with E-state index in [0.717, 1.165) is 22.4 Å². The standard InChI is InChI=1S/C40H55N5O8/c1-39(2,3)33(44-37(49)52-8)35(47)41-28(22-25-14-11-10-12-15-25)24-31(46)30(43-36(48)34(40(4,5)6)45-38(50)53-9)23-26-18-20-27(21-19-26)29-16-13-17-32(42-29)51-7/h10-21,28,30-31,33-34,46H,22-24H2,1-9H3,(H,41,47)(H,43,48)(H,44,49)(H,45,50)/t28-,30-,31-,33+,34+/m0/s1. The first kappa shape index (κ1) is 42.2. The number of carbonyl (C=O) groups excluding carboxylic acids is 4. The van der Waals surface area contributed by atoms with Crippen molar-refractivity contribution < 1.29 is 38.5 Å². The Hall–Kier alpha value is -5.17. The van der Waals surface area contributed by atoms with Gasteiger partial charge in [0.25, 0.3) is 0 Å². The van der Waals surface area contributed by atoms with E-state index in [0.29, 0.717) is 12.3 Å². The number of aliphatic hydroxyl groups is 1. The largest absolute Gasteiger partial charge is 0.481 e. The average molecular weight is 734 g/mol. The van der Waals surface area contributed by atoms with Crippen LogP contribution in [0.15, 0.2) is 72.8 Å². The van der Waals surface area contributed by atoms with Crippen LogP contribution in [0.25, 0.3) is 11.3 Å². The van der Waals surface area contributed by atoms with Crippen LogP contribution in [0.5, 0.6) is 5.88 Å². The molecule has 288 valence electrons. The van der Waals surface area contributed by atoms with Gasteiger partial charge in [-0.15, -0.1) is 0 Å². The molecule has 5 atom stereocenters. The molecule has 0 saturated heterocycles. The number of nitrogens with one attached hydrogen (secondary N) is 4. The van der Waals surface area contributed by atoms with Gasteiger partial charge in [0.1, 0.15) is 12.1 Å². The molecule has 0 aliphatic carbocycles. The van der Waals surface area contributed by atoms with E-state index in [-0.39, 0.29) is 12.8 Å². The molecule has 0 saturated carbocycles. The Balaban J connectivity index is 1.97. The maximum atomic E-state index is 13.9. The van der Waals surface area contributed by atoms with Crippen LogP contribution < -0.4 is 26.0 Å². The zero-order chi connectivity index (χ0) is 39.3. The fourth-order valence-corrected chi connectivity index (χ4v) is 5.84. The van der Waals surface area contributed by atoms with Gasteiger partial charge >= 0.3 is 12.2 Å². The Morgan fingerprint density at radius 1 is 0.660 bits per heavy atom. The molecule has 1 heterocycles. The molecule has 53 heavy (non-hydrogen) atoms. The average Bonchev–Trinajstić information content (AvgIpc) is 3.11. The van der Waals surface area contributed by atoms with Crippen LogP contribution in [0.1, 0.15) is 59.1 Å². The van der Waals surface area contributed by atoms with Crippen LogP contribution in [0.4, 0.5) is 9.59 Å². The van der Waals surface area contributed by atoms with E-state index >= 15 is 0 Å². The van der Waals surface area contributed by atoms with E-state index in [9.17, 15) is 24.3 Å². The molecule has 0 spiro atoms. The molecule has 0 radical (unpaired) electrons. The van der Waals surface area contributed by atoms with Gasteiger partial charge in [0.05, 0.1) is 39.2 Å². The van der Waals surface area contributed by atoms with E-state index in [1.807, 2.05) is 108 Å². The maximum Gasteiger partial charge on any atom is 0.407 e. The molecule has 2 aromatic carbocycles. The molecule has 0 aliphatic heterocycles. The smallest absolute Gasteiger partial charge is 0.407 e. The van der Waals surface area contributed by atoms with Gasteiger partial charge < -0.3 is 40.6 Å². The first-order valence-corrected chi connectivity index (χ1v) is 17.6. The quantitative estimate of drug-likeness (QED) is 0.147. The number of rotatable bonds is 15. The van der Waals surface area contributed by atoms with Crippen molar-refractivity contribution in [2.75, 3.05) is 21.3 Å². The second-order valence-corrected chi connectivity index (χ2v) is 15.1. The number of ether oxygens (including phenoxy) is 3. The Bertz CT molecular complexity index is 1650. The highest BCUT2D eigenvalue weighted by molar-refractivity contribution is 5.87. The first-order chi connectivity index (χ1) is 24.9. The molecule has 0 fully saturated rings. The van der Waals surface area contributed by atoms with Crippen molar-refractivity contribution in [3.63, 3.8) is 0 Å². The van der Waals surface area contributed by atoms with Gasteiger partial charge in [0, 0.05) is 17.7 Å². The van der Waals surface area contributed by atoms with Gasteiger partial charge in [0.2, 0.25) is 17.7 Å². The zero-order valence-corrected chi connectivity index (χ0v) is 32.2. The fraction of sp³-hybridized carbons (Fsp3) is 0.475. The third-order valence-electron chi connectivity index (χ3n) is 8.78.